The predicted octanol–water partition coefficient (Wildman–Crippen LogP) is 7.80. The Morgan fingerprint density at radius 3 is 1.50 bits per heavy atom. The summed E-state index contributed by atoms with van der Waals surface area (Å²) < 4.78 is 25.9. The molecular formula is C34H18N6O3Pt. The molecule has 0 unspecified atom stereocenters. The van der Waals surface area contributed by atoms with Crippen LogP contribution in [0.5, 0.6) is 11.8 Å². The van der Waals surface area contributed by atoms with Gasteiger partial charge in [0.25, 0.3) is 0 Å². The number of rotatable bonds is 2. The van der Waals surface area contributed by atoms with Crippen LogP contribution in [0.1, 0.15) is 0 Å². The van der Waals surface area contributed by atoms with Crippen molar-refractivity contribution in [2.45, 2.75) is 0 Å². The van der Waals surface area contributed by atoms with Gasteiger partial charge in [0, 0.05) is 34.3 Å². The molecule has 0 saturated heterocycles. The third-order valence-electron chi connectivity index (χ3n) is 8.03. The molecule has 0 spiro atoms. The zero-order valence-electron chi connectivity index (χ0n) is 22.6. The van der Waals surface area contributed by atoms with Crippen LogP contribution < -0.4 is 4.74 Å². The van der Waals surface area contributed by atoms with Crippen molar-refractivity contribution in [1.29, 1.82) is 0 Å². The number of imidazole rings is 4. The zero-order valence-corrected chi connectivity index (χ0v) is 24.9. The van der Waals surface area contributed by atoms with E-state index in [-0.39, 0.29) is 21.1 Å². The van der Waals surface area contributed by atoms with E-state index in [1.54, 1.807) is 12.5 Å². The zero-order chi connectivity index (χ0) is 28.1. The smallest absolute Gasteiger partial charge is 0.476 e. The van der Waals surface area contributed by atoms with Gasteiger partial charge >= 0.3 is 21.1 Å². The fourth-order valence-electron chi connectivity index (χ4n) is 6.24. The standard InChI is InChI=1S/C34H18N6O3.Pt/c1-3-13-27-21(7-1)23-9-5-11-25-31(23)37(15-17-41-27)33-35-29(19-39(25)33)43-30-20-40-26-12-6-10-24-22-8-2-4-14-28(22)42-18-16-38(32(24)26)34(40)36-30;/h1-14,17-20H;/q-2;+2. The monoisotopic (exact) mass is 753 g/mol. The molecular weight excluding hydrogens is 735 g/mol. The van der Waals surface area contributed by atoms with E-state index in [1.807, 2.05) is 78.5 Å². The van der Waals surface area contributed by atoms with Gasteiger partial charge in [-0.15, -0.1) is 0 Å². The Labute approximate surface area is 261 Å². The van der Waals surface area contributed by atoms with Crippen LogP contribution in [0, 0.1) is 12.4 Å². The molecule has 0 amide bonds. The number of ether oxygens (including phenoxy) is 1. The second-order valence-corrected chi connectivity index (χ2v) is 10.3. The number of benzene rings is 4. The van der Waals surface area contributed by atoms with Gasteiger partial charge in [-0.3, -0.25) is 0 Å². The van der Waals surface area contributed by atoms with Crippen LogP contribution in [0.2, 0.25) is 0 Å². The predicted molar refractivity (Wildman–Crippen MR) is 162 cm³/mol. The minimum Gasteiger partial charge on any atom is -0.476 e. The fourth-order valence-corrected chi connectivity index (χ4v) is 6.24. The quantitative estimate of drug-likeness (QED) is 0.169. The number of hydrogen-bond donors (Lipinski definition) is 0. The fraction of sp³-hybridized carbons (Fsp3) is 0. The molecule has 9 nitrogen and oxygen atoms in total. The number of fused-ring (bicyclic) bond motifs is 10. The van der Waals surface area contributed by atoms with Gasteiger partial charge in [-0.2, -0.15) is 0 Å². The molecule has 44 heavy (non-hydrogen) atoms. The van der Waals surface area contributed by atoms with Crippen LogP contribution in [0.3, 0.4) is 0 Å². The molecule has 4 aromatic carbocycles. The van der Waals surface area contributed by atoms with Gasteiger partial charge in [0.1, 0.15) is 22.7 Å². The molecule has 10 rings (SSSR count). The summed E-state index contributed by atoms with van der Waals surface area (Å²) in [4.78, 5) is 9.65. The average molecular weight is 754 g/mol. The van der Waals surface area contributed by atoms with Crippen molar-refractivity contribution in [3.63, 3.8) is 0 Å². The van der Waals surface area contributed by atoms with Gasteiger partial charge in [-0.05, 0) is 46.1 Å². The summed E-state index contributed by atoms with van der Waals surface area (Å²) in [7, 11) is 0. The average Bonchev–Trinajstić information content (AvgIpc) is 3.76. The van der Waals surface area contributed by atoms with Crippen molar-refractivity contribution in [3.8, 4) is 11.8 Å². The molecule has 10 heteroatoms. The molecule has 6 heterocycles. The summed E-state index contributed by atoms with van der Waals surface area (Å²) in [6.45, 7) is 0. The van der Waals surface area contributed by atoms with Crippen molar-refractivity contribution in [1.82, 2.24) is 27.6 Å². The van der Waals surface area contributed by atoms with Gasteiger partial charge in [0.05, 0.1) is 12.4 Å². The van der Waals surface area contributed by atoms with Crippen LogP contribution >= 0.6 is 0 Å². The maximum absolute atomic E-state index is 6.25. The maximum atomic E-state index is 6.25. The topological polar surface area (TPSA) is 78.9 Å². The molecule has 212 valence electrons. The Kier molecular flexibility index (Phi) is 5.25. The molecule has 0 saturated carbocycles. The molecule has 0 bridgehead atoms. The van der Waals surface area contributed by atoms with E-state index < -0.39 is 0 Å². The Hall–Kier alpha value is -5.53. The van der Waals surface area contributed by atoms with Gasteiger partial charge in [-0.25, -0.2) is 9.97 Å². The van der Waals surface area contributed by atoms with Gasteiger partial charge in [-0.1, -0.05) is 73.1 Å². The molecule has 0 radical (unpaired) electrons. The van der Waals surface area contributed by atoms with Crippen molar-refractivity contribution in [2.75, 3.05) is 0 Å². The molecule has 0 aliphatic carbocycles. The van der Waals surface area contributed by atoms with Crippen molar-refractivity contribution >= 4 is 66.3 Å². The minimum absolute atomic E-state index is 0. The molecule has 0 aliphatic rings. The second kappa shape index (κ2) is 9.23. The van der Waals surface area contributed by atoms with Crippen molar-refractivity contribution in [2.24, 2.45) is 0 Å². The summed E-state index contributed by atoms with van der Waals surface area (Å²) in [5.74, 6) is 2.11. The van der Waals surface area contributed by atoms with Crippen LogP contribution in [0.4, 0.5) is 0 Å². The Bertz CT molecular complexity index is 2600. The van der Waals surface area contributed by atoms with Crippen LogP contribution in [0.15, 0.2) is 119 Å². The molecule has 0 N–H and O–H groups in total. The van der Waals surface area contributed by atoms with E-state index in [2.05, 4.69) is 48.8 Å². The third kappa shape index (κ3) is 3.38. The Balaban J connectivity index is 0.00000270. The molecule has 6 aromatic heterocycles. The normalized spacial score (nSPS) is 11.9. The van der Waals surface area contributed by atoms with Crippen LogP contribution in [-0.2, 0) is 21.1 Å². The van der Waals surface area contributed by atoms with Gasteiger partial charge < -0.3 is 31.2 Å². The second-order valence-electron chi connectivity index (χ2n) is 10.3. The van der Waals surface area contributed by atoms with E-state index in [4.69, 9.17) is 23.5 Å². The maximum Gasteiger partial charge on any atom is 2.00 e. The molecule has 0 atom stereocenters. The number of hydrogen-bond acceptors (Lipinski definition) is 5. The van der Waals surface area contributed by atoms with Crippen LogP contribution in [-0.4, -0.2) is 27.6 Å². The SMILES string of the molecule is [Pt+2].[c-]1coc2ccccc2c2cccc3c2n1c1nc(Oc2cn4c5cccc6c7ccccc7oc[c-]n(c65)c4n2)cn31. The van der Waals surface area contributed by atoms with E-state index in [1.165, 1.54) is 0 Å². The van der Waals surface area contributed by atoms with Gasteiger partial charge in [0.2, 0.25) is 11.8 Å². The third-order valence-corrected chi connectivity index (χ3v) is 8.03. The van der Waals surface area contributed by atoms with Crippen molar-refractivity contribution in [3.05, 3.63) is 122 Å². The molecule has 0 aliphatic heterocycles. The summed E-state index contributed by atoms with van der Waals surface area (Å²) >= 11 is 0. The molecule has 0 fully saturated rings. The van der Waals surface area contributed by atoms with E-state index in [9.17, 15) is 0 Å². The minimum atomic E-state index is 0. The summed E-state index contributed by atoms with van der Waals surface area (Å²) in [6.07, 6.45) is 13.3. The Morgan fingerprint density at radius 1 is 0.545 bits per heavy atom. The first-order valence-electron chi connectivity index (χ1n) is 13.7. The number of para-hydroxylation sites is 4. The largest absolute Gasteiger partial charge is 2.00 e. The van der Waals surface area contributed by atoms with Crippen LogP contribution in [0.25, 0.3) is 66.3 Å². The molecule has 10 aromatic rings. The summed E-state index contributed by atoms with van der Waals surface area (Å²) in [6, 6.07) is 28.3. The Morgan fingerprint density at radius 2 is 1.00 bits per heavy atom. The van der Waals surface area contributed by atoms with E-state index in [0.29, 0.717) is 23.3 Å². The number of aromatic nitrogens is 6. The van der Waals surface area contributed by atoms with Gasteiger partial charge in [0.15, 0.2) is 0 Å². The number of nitrogens with zero attached hydrogens (tertiary/aromatic N) is 6. The first-order valence-corrected chi connectivity index (χ1v) is 13.7. The summed E-state index contributed by atoms with van der Waals surface area (Å²) in [5, 5.41) is 4.08. The van der Waals surface area contributed by atoms with E-state index in [0.717, 1.165) is 54.8 Å². The van der Waals surface area contributed by atoms with E-state index >= 15 is 0 Å². The first kappa shape index (κ1) is 25.0. The van der Waals surface area contributed by atoms with Crippen molar-refractivity contribution < 1.29 is 34.6 Å². The summed E-state index contributed by atoms with van der Waals surface area (Å²) in [5.41, 5.74) is 5.48. The first-order chi connectivity index (χ1) is 21.3.